The minimum absolute atomic E-state index is 0.258. The Morgan fingerprint density at radius 2 is 2.05 bits per heavy atom. The van der Waals surface area contributed by atoms with Crippen LogP contribution in [0, 0.1) is 13.8 Å². The molecular weight excluding hydrogens is 264 g/mol. The highest BCUT2D eigenvalue weighted by Crippen LogP contribution is 2.35. The minimum atomic E-state index is -0.934. The summed E-state index contributed by atoms with van der Waals surface area (Å²) >= 11 is 0. The first-order chi connectivity index (χ1) is 10.1. The Kier molecular flexibility index (Phi) is 3.37. The van der Waals surface area contributed by atoms with Gasteiger partial charge in [-0.05, 0) is 44.4 Å². The number of hydrogen-bond donors (Lipinski definition) is 1. The Labute approximate surface area is 124 Å². The molecule has 3 rings (SSSR count). The van der Waals surface area contributed by atoms with Gasteiger partial charge in [0.25, 0.3) is 0 Å². The Hall–Kier alpha value is -2.36. The molecule has 0 bridgehead atoms. The Bertz CT molecular complexity index is 710. The van der Waals surface area contributed by atoms with Crippen molar-refractivity contribution in [1.29, 1.82) is 0 Å². The number of carboxylic acids is 1. The molecule has 0 aliphatic carbocycles. The third-order valence-electron chi connectivity index (χ3n) is 3.89. The number of fused-ring (bicyclic) bond motifs is 1. The second kappa shape index (κ2) is 5.20. The fraction of sp³-hybridized carbons (Fsp3) is 0.294. The zero-order chi connectivity index (χ0) is 15.0. The maximum atomic E-state index is 11.5. The highest BCUT2D eigenvalue weighted by Gasteiger charge is 2.23. The maximum absolute atomic E-state index is 11.5. The van der Waals surface area contributed by atoms with E-state index in [1.165, 1.54) is 17.3 Å². The van der Waals surface area contributed by atoms with Gasteiger partial charge in [-0.1, -0.05) is 17.7 Å². The average Bonchev–Trinajstić information content (AvgIpc) is 2.45. The number of hydrogen-bond acceptors (Lipinski definition) is 3. The van der Waals surface area contributed by atoms with Gasteiger partial charge in [0.15, 0.2) is 0 Å². The van der Waals surface area contributed by atoms with Crippen LogP contribution < -0.4 is 4.90 Å². The molecule has 0 saturated heterocycles. The lowest BCUT2D eigenvalue weighted by Crippen LogP contribution is -2.26. The Morgan fingerprint density at radius 3 is 2.81 bits per heavy atom. The number of anilines is 2. The first-order valence-corrected chi connectivity index (χ1v) is 7.13. The summed E-state index contributed by atoms with van der Waals surface area (Å²) in [4.78, 5) is 17.7. The standard InChI is InChI=1S/C17H18N2O2/c1-11-5-6-15-13(8-11)4-3-7-19(15)16-9-12(2)18-10-14(16)17(20)21/h5-6,8-10H,3-4,7H2,1-2H3,(H,20,21). The van der Waals surface area contributed by atoms with E-state index in [0.717, 1.165) is 36.5 Å². The lowest BCUT2D eigenvalue weighted by molar-refractivity contribution is 0.0697. The van der Waals surface area contributed by atoms with Crippen molar-refractivity contribution in [3.63, 3.8) is 0 Å². The van der Waals surface area contributed by atoms with Crippen LogP contribution in [0.1, 0.15) is 33.6 Å². The fourth-order valence-electron chi connectivity index (χ4n) is 2.91. The second-order valence-electron chi connectivity index (χ2n) is 5.54. The van der Waals surface area contributed by atoms with Gasteiger partial charge in [-0.15, -0.1) is 0 Å². The highest BCUT2D eigenvalue weighted by atomic mass is 16.4. The van der Waals surface area contributed by atoms with Crippen LogP contribution in [0.5, 0.6) is 0 Å². The fourth-order valence-corrected chi connectivity index (χ4v) is 2.91. The highest BCUT2D eigenvalue weighted by molar-refractivity contribution is 5.95. The molecule has 1 aromatic carbocycles. The summed E-state index contributed by atoms with van der Waals surface area (Å²) in [5.41, 5.74) is 5.45. The third-order valence-corrected chi connectivity index (χ3v) is 3.89. The SMILES string of the molecule is Cc1ccc2c(c1)CCCN2c1cc(C)ncc1C(=O)O. The largest absolute Gasteiger partial charge is 0.478 e. The van der Waals surface area contributed by atoms with Gasteiger partial charge >= 0.3 is 5.97 Å². The number of rotatable bonds is 2. The lowest BCUT2D eigenvalue weighted by atomic mass is 9.98. The minimum Gasteiger partial charge on any atom is -0.478 e. The molecule has 0 spiro atoms. The number of pyridine rings is 1. The zero-order valence-corrected chi connectivity index (χ0v) is 12.3. The molecule has 0 fully saturated rings. The van der Waals surface area contributed by atoms with E-state index < -0.39 is 5.97 Å². The number of aromatic nitrogens is 1. The Balaban J connectivity index is 2.15. The van der Waals surface area contributed by atoms with Gasteiger partial charge in [-0.3, -0.25) is 4.98 Å². The van der Waals surface area contributed by atoms with Crippen molar-refractivity contribution in [2.45, 2.75) is 26.7 Å². The average molecular weight is 282 g/mol. The topological polar surface area (TPSA) is 53.4 Å². The molecule has 4 heteroatoms. The van der Waals surface area contributed by atoms with Crippen molar-refractivity contribution in [3.05, 3.63) is 52.8 Å². The molecule has 2 aromatic rings. The predicted molar refractivity (Wildman–Crippen MR) is 82.4 cm³/mol. The van der Waals surface area contributed by atoms with Crippen LogP contribution in [0.25, 0.3) is 0 Å². The Morgan fingerprint density at radius 1 is 1.24 bits per heavy atom. The van der Waals surface area contributed by atoms with Crippen LogP contribution in [-0.2, 0) is 6.42 Å². The number of carboxylic acid groups (broad SMARTS) is 1. The molecule has 4 nitrogen and oxygen atoms in total. The van der Waals surface area contributed by atoms with Gasteiger partial charge in [0.05, 0.1) is 5.69 Å². The zero-order valence-electron chi connectivity index (χ0n) is 12.3. The van der Waals surface area contributed by atoms with Gasteiger partial charge in [-0.25, -0.2) is 4.79 Å². The summed E-state index contributed by atoms with van der Waals surface area (Å²) in [5, 5.41) is 9.41. The summed E-state index contributed by atoms with van der Waals surface area (Å²) in [6.45, 7) is 4.80. The van der Waals surface area contributed by atoms with Gasteiger partial charge in [0.2, 0.25) is 0 Å². The predicted octanol–water partition coefficient (Wildman–Crippen LogP) is 3.48. The van der Waals surface area contributed by atoms with E-state index in [9.17, 15) is 9.90 Å². The molecular formula is C17H18N2O2. The van der Waals surface area contributed by atoms with Gasteiger partial charge in [-0.2, -0.15) is 0 Å². The summed E-state index contributed by atoms with van der Waals surface area (Å²) in [6.07, 6.45) is 3.52. The summed E-state index contributed by atoms with van der Waals surface area (Å²) in [6, 6.07) is 8.21. The quantitative estimate of drug-likeness (QED) is 0.916. The monoisotopic (exact) mass is 282 g/mol. The van der Waals surface area contributed by atoms with Gasteiger partial charge in [0, 0.05) is 24.1 Å². The smallest absolute Gasteiger partial charge is 0.339 e. The number of carbonyl (C=O) groups is 1. The van der Waals surface area contributed by atoms with E-state index in [4.69, 9.17) is 0 Å². The molecule has 1 N–H and O–H groups in total. The van der Waals surface area contributed by atoms with Crippen LogP contribution in [-0.4, -0.2) is 22.6 Å². The van der Waals surface area contributed by atoms with E-state index in [0.29, 0.717) is 0 Å². The van der Waals surface area contributed by atoms with Gasteiger partial charge in [0.1, 0.15) is 5.56 Å². The summed E-state index contributed by atoms with van der Waals surface area (Å²) < 4.78 is 0. The molecule has 21 heavy (non-hydrogen) atoms. The van der Waals surface area contributed by atoms with Crippen molar-refractivity contribution in [3.8, 4) is 0 Å². The van der Waals surface area contributed by atoms with Crippen LogP contribution >= 0.6 is 0 Å². The lowest BCUT2D eigenvalue weighted by Gasteiger charge is -2.32. The van der Waals surface area contributed by atoms with Crippen molar-refractivity contribution >= 4 is 17.3 Å². The van der Waals surface area contributed by atoms with Crippen molar-refractivity contribution in [2.75, 3.05) is 11.4 Å². The van der Waals surface area contributed by atoms with Crippen LogP contribution in [0.3, 0.4) is 0 Å². The van der Waals surface area contributed by atoms with E-state index >= 15 is 0 Å². The van der Waals surface area contributed by atoms with E-state index in [-0.39, 0.29) is 5.56 Å². The van der Waals surface area contributed by atoms with Crippen LogP contribution in [0.2, 0.25) is 0 Å². The van der Waals surface area contributed by atoms with Gasteiger partial charge < -0.3 is 10.0 Å². The molecule has 0 amide bonds. The molecule has 1 aliphatic heterocycles. The number of nitrogens with zero attached hydrogens (tertiary/aromatic N) is 2. The van der Waals surface area contributed by atoms with Crippen molar-refractivity contribution in [2.24, 2.45) is 0 Å². The molecule has 0 atom stereocenters. The molecule has 0 radical (unpaired) electrons. The van der Waals surface area contributed by atoms with Crippen molar-refractivity contribution in [1.82, 2.24) is 4.98 Å². The molecule has 1 aromatic heterocycles. The van der Waals surface area contributed by atoms with Crippen molar-refractivity contribution < 1.29 is 9.90 Å². The maximum Gasteiger partial charge on any atom is 0.339 e. The van der Waals surface area contributed by atoms with E-state index in [1.54, 1.807) is 0 Å². The molecule has 0 unspecified atom stereocenters. The first-order valence-electron chi connectivity index (χ1n) is 7.13. The molecule has 1 aliphatic rings. The van der Waals surface area contributed by atoms with Crippen LogP contribution in [0.4, 0.5) is 11.4 Å². The molecule has 108 valence electrons. The summed E-state index contributed by atoms with van der Waals surface area (Å²) in [5.74, 6) is -0.934. The normalized spacial score (nSPS) is 13.9. The molecule has 2 heterocycles. The van der Waals surface area contributed by atoms with E-state index in [2.05, 4.69) is 35.0 Å². The molecule has 0 saturated carbocycles. The number of aryl methyl sites for hydroxylation is 3. The first kappa shape index (κ1) is 13.6. The van der Waals surface area contributed by atoms with E-state index in [1.807, 2.05) is 13.0 Å². The third kappa shape index (κ3) is 2.49. The van der Waals surface area contributed by atoms with Crippen LogP contribution in [0.15, 0.2) is 30.5 Å². The second-order valence-corrected chi connectivity index (χ2v) is 5.54. The number of benzene rings is 1. The number of aromatic carboxylic acids is 1. The summed E-state index contributed by atoms with van der Waals surface area (Å²) in [7, 11) is 0.